The van der Waals surface area contributed by atoms with Crippen LogP contribution in [-0.4, -0.2) is 10.6 Å². The molecule has 19 heavy (non-hydrogen) atoms. The number of nitrogens with zero attached hydrogens (tertiary/aromatic N) is 1. The number of aromatic nitrogens is 1. The van der Waals surface area contributed by atoms with E-state index in [1.165, 1.54) is 14.0 Å². The van der Waals surface area contributed by atoms with Crippen molar-refractivity contribution in [2.45, 2.75) is 6.92 Å². The van der Waals surface area contributed by atoms with Crippen LogP contribution in [0.15, 0.2) is 27.5 Å². The van der Waals surface area contributed by atoms with E-state index in [0.717, 1.165) is 16.9 Å². The van der Waals surface area contributed by atoms with Gasteiger partial charge in [0.25, 0.3) is 5.91 Å². The number of anilines is 1. The highest BCUT2D eigenvalue weighted by atomic mass is 19.1. The van der Waals surface area contributed by atoms with Crippen LogP contribution in [0, 0.1) is 18.6 Å². The Morgan fingerprint density at radius 1 is 1.37 bits per heavy atom. The maximum Gasteiger partial charge on any atom is 0.370 e. The Hall–Kier alpha value is -2.44. The van der Waals surface area contributed by atoms with Crippen molar-refractivity contribution in [2.75, 3.05) is 5.32 Å². The molecule has 1 aromatic heterocycles. The van der Waals surface area contributed by atoms with Gasteiger partial charge in [-0.25, -0.2) is 18.3 Å². The summed E-state index contributed by atoms with van der Waals surface area (Å²) in [6.07, 6.45) is 0. The molecule has 1 aromatic carbocycles. The van der Waals surface area contributed by atoms with E-state index in [4.69, 9.17) is 4.52 Å². The summed E-state index contributed by atoms with van der Waals surface area (Å²) in [6.45, 7) is 1.51. The fraction of sp³-hybridized carbons (Fsp3) is 0.167. The van der Waals surface area contributed by atoms with Crippen LogP contribution in [-0.2, 0) is 7.05 Å². The lowest BCUT2D eigenvalue weighted by molar-refractivity contribution is 0.102. The smallest absolute Gasteiger partial charge is 0.336 e. The predicted octanol–water partition coefficient (Wildman–Crippen LogP) is 1.82. The Balaban J connectivity index is 2.33. The number of carbonyl (C=O) groups is 1. The van der Waals surface area contributed by atoms with Crippen LogP contribution in [0.5, 0.6) is 0 Å². The van der Waals surface area contributed by atoms with Crippen LogP contribution in [0.3, 0.4) is 0 Å². The Morgan fingerprint density at radius 2 is 2.05 bits per heavy atom. The van der Waals surface area contributed by atoms with Crippen LogP contribution in [0.1, 0.15) is 16.1 Å². The van der Waals surface area contributed by atoms with Crippen LogP contribution < -0.4 is 10.9 Å². The molecule has 0 unspecified atom stereocenters. The largest absolute Gasteiger partial charge is 0.370 e. The first-order chi connectivity index (χ1) is 8.90. The number of rotatable bonds is 2. The molecule has 0 aliphatic rings. The molecule has 0 fully saturated rings. The second-order valence-electron chi connectivity index (χ2n) is 3.91. The average molecular weight is 268 g/mol. The van der Waals surface area contributed by atoms with Crippen LogP contribution >= 0.6 is 0 Å². The fourth-order valence-electron chi connectivity index (χ4n) is 1.58. The third-order valence-electron chi connectivity index (χ3n) is 2.66. The second-order valence-corrected chi connectivity index (χ2v) is 3.91. The van der Waals surface area contributed by atoms with Gasteiger partial charge >= 0.3 is 5.63 Å². The maximum atomic E-state index is 13.4. The Bertz CT molecular complexity index is 703. The van der Waals surface area contributed by atoms with Crippen molar-refractivity contribution in [3.8, 4) is 0 Å². The van der Waals surface area contributed by atoms with Gasteiger partial charge in [0.1, 0.15) is 17.2 Å². The van der Waals surface area contributed by atoms with Crippen molar-refractivity contribution in [1.82, 2.24) is 4.74 Å². The van der Waals surface area contributed by atoms with Crippen LogP contribution in [0.25, 0.3) is 0 Å². The summed E-state index contributed by atoms with van der Waals surface area (Å²) >= 11 is 0. The van der Waals surface area contributed by atoms with Crippen molar-refractivity contribution in [3.63, 3.8) is 0 Å². The zero-order chi connectivity index (χ0) is 14.2. The quantitative estimate of drug-likeness (QED) is 0.903. The second kappa shape index (κ2) is 4.68. The summed E-state index contributed by atoms with van der Waals surface area (Å²) in [5, 5.41) is 2.19. The number of aryl methyl sites for hydroxylation is 1. The summed E-state index contributed by atoms with van der Waals surface area (Å²) in [5.41, 5.74) is -0.940. The van der Waals surface area contributed by atoms with Gasteiger partial charge in [-0.2, -0.15) is 0 Å². The Kier molecular flexibility index (Phi) is 3.20. The highest BCUT2D eigenvalue weighted by molar-refractivity contribution is 6.04. The first-order valence-electron chi connectivity index (χ1n) is 5.33. The van der Waals surface area contributed by atoms with E-state index >= 15 is 0 Å². The number of nitrogens with one attached hydrogen (secondary N) is 1. The minimum atomic E-state index is -0.925. The zero-order valence-electron chi connectivity index (χ0n) is 10.2. The van der Waals surface area contributed by atoms with E-state index < -0.39 is 23.2 Å². The molecule has 2 aromatic rings. The molecule has 7 heteroatoms. The van der Waals surface area contributed by atoms with Gasteiger partial charge in [0.2, 0.25) is 0 Å². The summed E-state index contributed by atoms with van der Waals surface area (Å²) in [5.74, 6) is -2.49. The average Bonchev–Trinajstić information content (AvgIpc) is 2.57. The summed E-state index contributed by atoms with van der Waals surface area (Å²) < 4.78 is 31.9. The van der Waals surface area contributed by atoms with Gasteiger partial charge in [-0.15, -0.1) is 0 Å². The van der Waals surface area contributed by atoms with Crippen LogP contribution in [0.2, 0.25) is 0 Å². The van der Waals surface area contributed by atoms with Crippen molar-refractivity contribution in [1.29, 1.82) is 0 Å². The molecular weight excluding hydrogens is 258 g/mol. The highest BCUT2D eigenvalue weighted by Crippen LogP contribution is 2.16. The number of benzene rings is 1. The normalized spacial score (nSPS) is 10.5. The molecule has 0 radical (unpaired) electrons. The van der Waals surface area contributed by atoms with E-state index in [1.54, 1.807) is 0 Å². The zero-order valence-corrected chi connectivity index (χ0v) is 10.2. The van der Waals surface area contributed by atoms with Crippen LogP contribution in [0.4, 0.5) is 14.5 Å². The first-order valence-corrected chi connectivity index (χ1v) is 5.33. The number of halogens is 2. The topological polar surface area (TPSA) is 64.2 Å². The molecule has 0 saturated carbocycles. The molecule has 0 saturated heterocycles. The van der Waals surface area contributed by atoms with E-state index in [0.29, 0.717) is 11.8 Å². The Morgan fingerprint density at radius 3 is 2.58 bits per heavy atom. The van der Waals surface area contributed by atoms with Gasteiger partial charge in [0, 0.05) is 13.1 Å². The minimum Gasteiger partial charge on any atom is -0.336 e. The first kappa shape index (κ1) is 13.0. The van der Waals surface area contributed by atoms with E-state index in [2.05, 4.69) is 5.32 Å². The van der Waals surface area contributed by atoms with Gasteiger partial charge in [0.05, 0.1) is 11.4 Å². The molecule has 1 N–H and O–H groups in total. The molecule has 1 amide bonds. The number of carbonyl (C=O) groups excluding carboxylic acids is 1. The van der Waals surface area contributed by atoms with E-state index in [9.17, 15) is 18.4 Å². The lowest BCUT2D eigenvalue weighted by Gasteiger charge is -2.05. The van der Waals surface area contributed by atoms with Gasteiger partial charge in [-0.3, -0.25) is 4.79 Å². The fourth-order valence-corrected chi connectivity index (χ4v) is 1.58. The molecule has 0 atom stereocenters. The lowest BCUT2D eigenvalue weighted by Crippen LogP contribution is -2.20. The van der Waals surface area contributed by atoms with Gasteiger partial charge in [0.15, 0.2) is 0 Å². The SMILES string of the molecule is Cc1c(C(=O)Nc2ccc(F)cc2F)c(=O)on1C. The molecular formula is C12H10F2N2O3. The number of amides is 1. The standard InChI is InChI=1S/C12H10F2N2O3/c1-6-10(12(18)19-16(6)2)11(17)15-9-4-3-7(13)5-8(9)14/h3-5H,1-2H3,(H,15,17). The van der Waals surface area contributed by atoms with E-state index in [1.807, 2.05) is 0 Å². The molecule has 1 heterocycles. The summed E-state index contributed by atoms with van der Waals surface area (Å²) in [7, 11) is 1.46. The third kappa shape index (κ3) is 2.40. The van der Waals surface area contributed by atoms with Gasteiger partial charge in [-0.05, 0) is 19.1 Å². The molecule has 0 bridgehead atoms. The number of hydrogen-bond donors (Lipinski definition) is 1. The van der Waals surface area contributed by atoms with E-state index in [-0.39, 0.29) is 11.3 Å². The minimum absolute atomic E-state index is 0.214. The van der Waals surface area contributed by atoms with Crippen molar-refractivity contribution in [3.05, 3.63) is 51.5 Å². The third-order valence-corrected chi connectivity index (χ3v) is 2.66. The monoisotopic (exact) mass is 268 g/mol. The molecule has 0 aliphatic carbocycles. The molecule has 0 spiro atoms. The van der Waals surface area contributed by atoms with Crippen molar-refractivity contribution in [2.24, 2.45) is 7.05 Å². The Labute approximate surface area is 106 Å². The maximum absolute atomic E-state index is 13.4. The number of hydrogen-bond acceptors (Lipinski definition) is 3. The van der Waals surface area contributed by atoms with Crippen molar-refractivity contribution < 1.29 is 18.1 Å². The lowest BCUT2D eigenvalue weighted by atomic mass is 10.2. The molecule has 0 aliphatic heterocycles. The molecule has 100 valence electrons. The van der Waals surface area contributed by atoms with Crippen molar-refractivity contribution >= 4 is 11.6 Å². The molecule has 5 nitrogen and oxygen atoms in total. The van der Waals surface area contributed by atoms with Gasteiger partial charge < -0.3 is 9.84 Å². The molecule has 2 rings (SSSR count). The summed E-state index contributed by atoms with van der Waals surface area (Å²) in [6, 6.07) is 2.71. The summed E-state index contributed by atoms with van der Waals surface area (Å²) in [4.78, 5) is 23.3. The predicted molar refractivity (Wildman–Crippen MR) is 63.0 cm³/mol. The highest BCUT2D eigenvalue weighted by Gasteiger charge is 2.20. The van der Waals surface area contributed by atoms with Gasteiger partial charge in [-0.1, -0.05) is 0 Å².